The number of halogens is 1. The number of hydrogen-bond acceptors (Lipinski definition) is 1. The first kappa shape index (κ1) is 5.60. The molecule has 0 spiro atoms. The Balaban J connectivity index is 3.29. The SMILES string of the molecule is CC(Cl)N=[N+]=[N-]. The van der Waals surface area contributed by atoms with Crippen molar-refractivity contribution in [1.29, 1.82) is 0 Å². The summed E-state index contributed by atoms with van der Waals surface area (Å²) in [5, 5.41) is 3.07. The summed E-state index contributed by atoms with van der Waals surface area (Å²) in [4.78, 5) is 2.43. The second kappa shape index (κ2) is 2.82. The van der Waals surface area contributed by atoms with Gasteiger partial charge in [-0.3, -0.25) is 0 Å². The third-order valence-electron chi connectivity index (χ3n) is 0.211. The van der Waals surface area contributed by atoms with Gasteiger partial charge in [-0.1, -0.05) is 5.11 Å². The predicted octanol–water partition coefficient (Wildman–Crippen LogP) is 1.88. The van der Waals surface area contributed by atoms with Gasteiger partial charge in [-0.25, -0.2) is 0 Å². The third-order valence-corrected chi connectivity index (χ3v) is 0.298. The molecule has 0 radical (unpaired) electrons. The fourth-order valence-corrected chi connectivity index (χ4v) is 0.110. The smallest absolute Gasteiger partial charge is 0.109 e. The summed E-state index contributed by atoms with van der Waals surface area (Å²) in [6.07, 6.45) is 0. The van der Waals surface area contributed by atoms with E-state index in [1.807, 2.05) is 0 Å². The van der Waals surface area contributed by atoms with Crippen molar-refractivity contribution in [2.75, 3.05) is 0 Å². The standard InChI is InChI=1S/C2H4ClN3/c1-2(3)5-6-4/h2H,1H3. The molecular formula is C2H4ClN3. The molecule has 0 fully saturated rings. The van der Waals surface area contributed by atoms with Gasteiger partial charge in [0, 0.05) is 4.91 Å². The van der Waals surface area contributed by atoms with Crippen LogP contribution in [0.3, 0.4) is 0 Å². The molecule has 0 aromatic rings. The Morgan fingerprint density at radius 1 is 2.00 bits per heavy atom. The Morgan fingerprint density at radius 3 is 2.50 bits per heavy atom. The third kappa shape index (κ3) is 3.60. The molecule has 1 unspecified atom stereocenters. The van der Waals surface area contributed by atoms with Crippen LogP contribution in [0.4, 0.5) is 0 Å². The zero-order valence-corrected chi connectivity index (χ0v) is 4.05. The lowest BCUT2D eigenvalue weighted by atomic mass is 10.8. The maximum Gasteiger partial charge on any atom is 0.109 e. The van der Waals surface area contributed by atoms with E-state index in [9.17, 15) is 0 Å². The van der Waals surface area contributed by atoms with Gasteiger partial charge < -0.3 is 0 Å². The highest BCUT2D eigenvalue weighted by atomic mass is 35.5. The van der Waals surface area contributed by atoms with Crippen LogP contribution in [0, 0.1) is 0 Å². The molecule has 6 heavy (non-hydrogen) atoms. The molecule has 0 saturated heterocycles. The summed E-state index contributed by atoms with van der Waals surface area (Å²) < 4.78 is 0. The zero-order valence-electron chi connectivity index (χ0n) is 3.30. The van der Waals surface area contributed by atoms with Crippen molar-refractivity contribution in [3.8, 4) is 0 Å². The first-order valence-corrected chi connectivity index (χ1v) is 1.89. The van der Waals surface area contributed by atoms with Gasteiger partial charge in [-0.2, -0.15) is 0 Å². The lowest BCUT2D eigenvalue weighted by Crippen LogP contribution is -1.75. The van der Waals surface area contributed by atoms with E-state index in [1.165, 1.54) is 0 Å². The number of hydrogen-bond donors (Lipinski definition) is 0. The van der Waals surface area contributed by atoms with E-state index in [1.54, 1.807) is 6.92 Å². The van der Waals surface area contributed by atoms with Crippen molar-refractivity contribution in [2.24, 2.45) is 5.11 Å². The Hall–Kier alpha value is -0.400. The Morgan fingerprint density at radius 2 is 2.50 bits per heavy atom. The minimum Gasteiger partial charge on any atom is -0.117 e. The van der Waals surface area contributed by atoms with Crippen molar-refractivity contribution in [2.45, 2.75) is 12.4 Å². The van der Waals surface area contributed by atoms with Crippen molar-refractivity contribution >= 4 is 11.6 Å². The fourth-order valence-electron chi connectivity index (χ4n) is 0.0712. The number of rotatable bonds is 1. The first-order valence-electron chi connectivity index (χ1n) is 1.45. The molecule has 0 aliphatic heterocycles. The van der Waals surface area contributed by atoms with E-state index >= 15 is 0 Å². The molecule has 0 N–H and O–H groups in total. The minimum atomic E-state index is -0.421. The van der Waals surface area contributed by atoms with E-state index < -0.39 is 5.50 Å². The average molecular weight is 106 g/mol. The Kier molecular flexibility index (Phi) is 2.63. The zero-order chi connectivity index (χ0) is 4.99. The Bertz CT molecular complexity index is 72.9. The molecule has 0 amide bonds. The number of nitrogens with zero attached hydrogens (tertiary/aromatic N) is 3. The highest BCUT2D eigenvalue weighted by Gasteiger charge is 1.81. The van der Waals surface area contributed by atoms with Crippen LogP contribution >= 0.6 is 11.6 Å². The van der Waals surface area contributed by atoms with Gasteiger partial charge in [0.15, 0.2) is 0 Å². The summed E-state index contributed by atoms with van der Waals surface area (Å²) in [5.41, 5.74) is 7.19. The van der Waals surface area contributed by atoms with E-state index in [2.05, 4.69) is 10.0 Å². The van der Waals surface area contributed by atoms with Crippen LogP contribution in [0.1, 0.15) is 6.92 Å². The molecule has 1 atom stereocenters. The summed E-state index contributed by atoms with van der Waals surface area (Å²) in [7, 11) is 0. The molecule has 0 aliphatic rings. The molecule has 0 rings (SSSR count). The molecule has 4 heteroatoms. The maximum absolute atomic E-state index is 7.61. The topological polar surface area (TPSA) is 48.8 Å². The molecule has 3 nitrogen and oxygen atoms in total. The molecule has 0 saturated carbocycles. The van der Waals surface area contributed by atoms with Gasteiger partial charge in [0.1, 0.15) is 5.50 Å². The molecule has 34 valence electrons. The normalized spacial score (nSPS) is 12.3. The monoisotopic (exact) mass is 105 g/mol. The first-order chi connectivity index (χ1) is 2.77. The summed E-state index contributed by atoms with van der Waals surface area (Å²) >= 11 is 5.16. The van der Waals surface area contributed by atoms with Crippen LogP contribution in [0.25, 0.3) is 10.4 Å². The van der Waals surface area contributed by atoms with Gasteiger partial charge >= 0.3 is 0 Å². The van der Waals surface area contributed by atoms with Crippen LogP contribution in [0.5, 0.6) is 0 Å². The Labute approximate surface area is 40.5 Å². The van der Waals surface area contributed by atoms with Crippen molar-refractivity contribution in [3.63, 3.8) is 0 Å². The molecule has 0 aromatic heterocycles. The van der Waals surface area contributed by atoms with E-state index in [0.29, 0.717) is 0 Å². The van der Waals surface area contributed by atoms with E-state index in [-0.39, 0.29) is 0 Å². The lowest BCUT2D eigenvalue weighted by molar-refractivity contribution is 1.01. The molecular weight excluding hydrogens is 101 g/mol. The van der Waals surface area contributed by atoms with Crippen LogP contribution < -0.4 is 0 Å². The quantitative estimate of drug-likeness (QED) is 0.161. The van der Waals surface area contributed by atoms with Gasteiger partial charge in [-0.15, -0.1) is 11.6 Å². The molecule has 0 aromatic carbocycles. The van der Waals surface area contributed by atoms with Crippen molar-refractivity contribution in [3.05, 3.63) is 10.4 Å². The van der Waals surface area contributed by atoms with Gasteiger partial charge in [-0.05, 0) is 12.5 Å². The average Bonchev–Trinajstić information content (AvgIpc) is 1.35. The van der Waals surface area contributed by atoms with Crippen LogP contribution in [-0.4, -0.2) is 5.50 Å². The van der Waals surface area contributed by atoms with E-state index in [0.717, 1.165) is 0 Å². The predicted molar refractivity (Wildman–Crippen MR) is 24.5 cm³/mol. The van der Waals surface area contributed by atoms with Crippen molar-refractivity contribution < 1.29 is 0 Å². The van der Waals surface area contributed by atoms with Crippen LogP contribution in [-0.2, 0) is 0 Å². The van der Waals surface area contributed by atoms with Gasteiger partial charge in [0.2, 0.25) is 0 Å². The fraction of sp³-hybridized carbons (Fsp3) is 1.00. The van der Waals surface area contributed by atoms with Crippen LogP contribution in [0.2, 0.25) is 0 Å². The van der Waals surface area contributed by atoms with Gasteiger partial charge in [0.05, 0.1) is 0 Å². The van der Waals surface area contributed by atoms with E-state index in [4.69, 9.17) is 17.1 Å². The second-order valence-corrected chi connectivity index (χ2v) is 1.41. The van der Waals surface area contributed by atoms with Gasteiger partial charge in [0.25, 0.3) is 0 Å². The summed E-state index contributed by atoms with van der Waals surface area (Å²) in [6, 6.07) is 0. The molecule has 0 heterocycles. The maximum atomic E-state index is 7.61. The summed E-state index contributed by atoms with van der Waals surface area (Å²) in [6.45, 7) is 1.60. The molecule has 0 aliphatic carbocycles. The summed E-state index contributed by atoms with van der Waals surface area (Å²) in [5.74, 6) is 0. The number of azide groups is 1. The highest BCUT2D eigenvalue weighted by molar-refractivity contribution is 6.20. The minimum absolute atomic E-state index is 0.421. The molecule has 0 bridgehead atoms. The largest absolute Gasteiger partial charge is 0.117 e. The number of alkyl halides is 1. The second-order valence-electron chi connectivity index (χ2n) is 0.779. The van der Waals surface area contributed by atoms with Crippen LogP contribution in [0.15, 0.2) is 5.11 Å². The lowest BCUT2D eigenvalue weighted by Gasteiger charge is -1.79. The van der Waals surface area contributed by atoms with Crippen molar-refractivity contribution in [1.82, 2.24) is 0 Å². The highest BCUT2D eigenvalue weighted by Crippen LogP contribution is 1.92.